The number of thiophene rings is 1. The number of aromatic nitrogens is 1. The fourth-order valence-electron chi connectivity index (χ4n) is 3.19. The molecule has 2 heterocycles. The van der Waals surface area contributed by atoms with Gasteiger partial charge in [-0.15, -0.1) is 11.1 Å². The molecule has 1 aromatic carbocycles. The van der Waals surface area contributed by atoms with Crippen molar-refractivity contribution >= 4 is 22.9 Å². The Morgan fingerprint density at radius 2 is 2.06 bits per heavy atom. The topological polar surface area (TPSA) is 66.4 Å². The molecule has 1 aliphatic carbocycles. The second-order valence-electron chi connectivity index (χ2n) is 7.87. The summed E-state index contributed by atoms with van der Waals surface area (Å²) in [6.45, 7) is 1.72. The summed E-state index contributed by atoms with van der Waals surface area (Å²) in [6, 6.07) is 7.35. The van der Waals surface area contributed by atoms with Crippen LogP contribution in [0, 0.1) is 12.0 Å². The summed E-state index contributed by atoms with van der Waals surface area (Å²) in [7, 11) is 0. The predicted molar refractivity (Wildman–Crippen MR) is 120 cm³/mol. The molecule has 35 heavy (non-hydrogen) atoms. The van der Waals surface area contributed by atoms with Crippen LogP contribution in [0.1, 0.15) is 58.2 Å². The Hall–Kier alpha value is -1.76. The van der Waals surface area contributed by atoms with Gasteiger partial charge in [-0.2, -0.15) is 19.2 Å². The average Bonchev–Trinajstić information content (AvgIpc) is 3.55. The normalized spacial score (nSPS) is 15.1. The molecule has 0 spiro atoms. The molecule has 1 unspecified atom stereocenters. The van der Waals surface area contributed by atoms with E-state index in [1.807, 2.05) is 5.38 Å². The number of carbonyl (C=O) groups excluding carboxylic acids is 1. The fraction of sp³-hybridized carbons (Fsp3) is 0.250. The first-order chi connectivity index (χ1) is 16.2. The molecule has 4 rings (SSSR count). The Morgan fingerprint density at radius 3 is 2.71 bits per heavy atom. The van der Waals surface area contributed by atoms with Gasteiger partial charge in [-0.3, -0.25) is 21.1 Å². The molecule has 3 aromatic rings. The Balaban J connectivity index is 0.00000342. The number of hydrogen-bond donors (Lipinski definition) is 2. The zero-order chi connectivity index (χ0) is 24.3. The van der Waals surface area contributed by atoms with E-state index in [-0.39, 0.29) is 68.2 Å². The Kier molecular flexibility index (Phi) is 9.52. The van der Waals surface area contributed by atoms with Crippen molar-refractivity contribution in [2.75, 3.05) is 5.32 Å². The van der Waals surface area contributed by atoms with Crippen LogP contribution in [0.25, 0.3) is 0 Å². The quantitative estimate of drug-likeness (QED) is 0.215. The molecule has 0 radical (unpaired) electrons. The van der Waals surface area contributed by atoms with Crippen LogP contribution in [0.2, 0.25) is 0 Å². The summed E-state index contributed by atoms with van der Waals surface area (Å²) >= 11 is 1.69. The van der Waals surface area contributed by atoms with Crippen molar-refractivity contribution in [2.45, 2.75) is 37.9 Å². The minimum absolute atomic E-state index is 0. The molecule has 1 fully saturated rings. The van der Waals surface area contributed by atoms with E-state index in [9.17, 15) is 22.4 Å². The van der Waals surface area contributed by atoms with Gasteiger partial charge >= 0.3 is 57.6 Å². The molecule has 1 aliphatic rings. The van der Waals surface area contributed by atoms with Gasteiger partial charge < -0.3 is 21.8 Å². The van der Waals surface area contributed by atoms with E-state index in [2.05, 4.69) is 32.9 Å². The number of alkyl halides is 3. The van der Waals surface area contributed by atoms with E-state index in [0.29, 0.717) is 5.92 Å². The van der Waals surface area contributed by atoms with Crippen molar-refractivity contribution in [3.05, 3.63) is 93.2 Å². The molecule has 0 aliphatic heterocycles. The maximum absolute atomic E-state index is 14.4. The number of nitrogens with one attached hydrogen (secondary N) is 2. The fourth-order valence-corrected chi connectivity index (χ4v) is 4.19. The number of amides is 1. The summed E-state index contributed by atoms with van der Waals surface area (Å²) in [5.41, 5.74) is -0.585. The number of hydrogen-bond acceptors (Lipinski definition) is 5. The van der Waals surface area contributed by atoms with Crippen LogP contribution in [-0.4, -0.2) is 10.9 Å². The van der Waals surface area contributed by atoms with Crippen LogP contribution in [0.15, 0.2) is 59.2 Å². The SMILES string of the molecule is CC(N[C-]=CN=c1cc(C2CC2)s[cH-]1)c1cc(NC(=O)c2ccc(C(F)(F)F)nc2)ccc1F.[K+]. The van der Waals surface area contributed by atoms with Gasteiger partial charge in [0.15, 0.2) is 0 Å². The van der Waals surface area contributed by atoms with Gasteiger partial charge in [-0.1, -0.05) is 24.1 Å². The van der Waals surface area contributed by atoms with Crippen molar-refractivity contribution in [2.24, 2.45) is 4.99 Å². The third-order valence-corrected chi connectivity index (χ3v) is 6.28. The van der Waals surface area contributed by atoms with Crippen LogP contribution in [0.4, 0.5) is 23.2 Å². The minimum atomic E-state index is -4.59. The second-order valence-corrected chi connectivity index (χ2v) is 8.81. The van der Waals surface area contributed by atoms with E-state index in [1.165, 1.54) is 42.1 Å². The first kappa shape index (κ1) is 27.8. The summed E-state index contributed by atoms with van der Waals surface area (Å²) in [5.74, 6) is -0.475. The summed E-state index contributed by atoms with van der Waals surface area (Å²) in [6.07, 6.45) is 3.02. The Labute approximate surface area is 246 Å². The van der Waals surface area contributed by atoms with Gasteiger partial charge in [-0.05, 0) is 42.6 Å². The molecule has 1 amide bonds. The molecule has 2 aromatic heterocycles. The number of anilines is 1. The maximum atomic E-state index is 14.4. The van der Waals surface area contributed by atoms with Crippen LogP contribution in [0.5, 0.6) is 0 Å². The first-order valence-electron chi connectivity index (χ1n) is 10.5. The zero-order valence-electron chi connectivity index (χ0n) is 19.0. The van der Waals surface area contributed by atoms with Crippen LogP contribution in [-0.2, 0) is 6.18 Å². The Morgan fingerprint density at radius 1 is 1.29 bits per heavy atom. The van der Waals surface area contributed by atoms with Gasteiger partial charge in [-0.25, -0.2) is 4.39 Å². The standard InChI is InChI=1S/C24H20F4N4OS.K/c1-14(29-8-9-30-18-11-21(34-13-18)15-2-3-15)19-10-17(5-6-20(19)25)32-23(33)16-4-7-22(31-12-16)24(26,27)28;/h4-7,9-15,29H,2-3H2,1H3,(H,32,33);/q-2;+1. The molecular formula is C24H20F4KN4OS-. The van der Waals surface area contributed by atoms with E-state index in [4.69, 9.17) is 0 Å². The number of halogens is 4. The van der Waals surface area contributed by atoms with Crippen LogP contribution >= 0.6 is 11.3 Å². The molecule has 0 bridgehead atoms. The zero-order valence-corrected chi connectivity index (χ0v) is 22.9. The number of rotatable bonds is 7. The molecule has 1 atom stereocenters. The monoisotopic (exact) mass is 527 g/mol. The van der Waals surface area contributed by atoms with E-state index in [1.54, 1.807) is 18.3 Å². The van der Waals surface area contributed by atoms with Gasteiger partial charge in [0, 0.05) is 23.5 Å². The molecule has 178 valence electrons. The maximum Gasteiger partial charge on any atom is 1.00 e. The molecule has 0 saturated heterocycles. The summed E-state index contributed by atoms with van der Waals surface area (Å²) in [4.78, 5) is 21.3. The number of carbonyl (C=O) groups is 1. The van der Waals surface area contributed by atoms with Crippen LogP contribution in [0.3, 0.4) is 0 Å². The van der Waals surface area contributed by atoms with Crippen molar-refractivity contribution in [1.29, 1.82) is 0 Å². The minimum Gasteiger partial charge on any atom is -0.560 e. The van der Waals surface area contributed by atoms with Crippen molar-refractivity contribution in [3.63, 3.8) is 0 Å². The molecular weight excluding hydrogens is 507 g/mol. The van der Waals surface area contributed by atoms with Crippen LogP contribution < -0.4 is 67.4 Å². The van der Waals surface area contributed by atoms with Gasteiger partial charge in [0.25, 0.3) is 5.91 Å². The number of benzene rings is 1. The van der Waals surface area contributed by atoms with Crippen molar-refractivity contribution in [1.82, 2.24) is 10.3 Å². The number of pyridine rings is 1. The molecule has 1 saturated carbocycles. The van der Waals surface area contributed by atoms with Gasteiger partial charge in [0.1, 0.15) is 11.5 Å². The van der Waals surface area contributed by atoms with E-state index in [0.717, 1.165) is 23.7 Å². The summed E-state index contributed by atoms with van der Waals surface area (Å²) < 4.78 is 52.3. The molecule has 11 heteroatoms. The Bertz CT molecular complexity index is 1260. The second kappa shape index (κ2) is 12.0. The predicted octanol–water partition coefficient (Wildman–Crippen LogP) is 2.68. The smallest absolute Gasteiger partial charge is 0.560 e. The van der Waals surface area contributed by atoms with Crippen molar-refractivity contribution in [3.8, 4) is 0 Å². The molecule has 2 N–H and O–H groups in total. The number of nitrogens with zero attached hydrogens (tertiary/aromatic N) is 2. The van der Waals surface area contributed by atoms with E-state index < -0.39 is 29.6 Å². The van der Waals surface area contributed by atoms with Gasteiger partial charge in [0.05, 0.1) is 5.56 Å². The average molecular weight is 528 g/mol. The third kappa shape index (κ3) is 7.61. The largest absolute Gasteiger partial charge is 1.00 e. The molecule has 5 nitrogen and oxygen atoms in total. The third-order valence-electron chi connectivity index (χ3n) is 5.20. The van der Waals surface area contributed by atoms with Gasteiger partial charge in [0.2, 0.25) is 0 Å². The summed E-state index contributed by atoms with van der Waals surface area (Å²) in [5, 5.41) is 8.29. The van der Waals surface area contributed by atoms with E-state index >= 15 is 0 Å². The van der Waals surface area contributed by atoms with Crippen molar-refractivity contribution < 1.29 is 73.7 Å². The first-order valence-corrected chi connectivity index (χ1v) is 11.3.